The van der Waals surface area contributed by atoms with Gasteiger partial charge >= 0.3 is 6.18 Å². The molecule has 2 heterocycles. The smallest absolute Gasteiger partial charge is 0.374 e. The van der Waals surface area contributed by atoms with E-state index in [1.54, 1.807) is 0 Å². The molecule has 0 amide bonds. The van der Waals surface area contributed by atoms with Crippen molar-refractivity contribution in [2.24, 2.45) is 0 Å². The average Bonchev–Trinajstić information content (AvgIpc) is 2.61. The molecule has 0 aliphatic carbocycles. The van der Waals surface area contributed by atoms with Crippen LogP contribution in [0.25, 0.3) is 0 Å². The topological polar surface area (TPSA) is 37.4 Å². The second-order valence-electron chi connectivity index (χ2n) is 6.02. The number of benzene rings is 1. The number of anilines is 1. The predicted molar refractivity (Wildman–Crippen MR) is 89.2 cm³/mol. The molecule has 2 aromatic rings. The van der Waals surface area contributed by atoms with E-state index >= 15 is 0 Å². The van der Waals surface area contributed by atoms with Crippen LogP contribution in [0.4, 0.5) is 19.0 Å². The minimum absolute atomic E-state index is 0.0891. The van der Waals surface area contributed by atoms with E-state index < -0.39 is 11.7 Å². The molecule has 1 saturated heterocycles. The summed E-state index contributed by atoms with van der Waals surface area (Å²) >= 11 is 0. The maximum absolute atomic E-state index is 12.7. The fourth-order valence-electron chi connectivity index (χ4n) is 2.81. The first-order valence-electron chi connectivity index (χ1n) is 8.16. The van der Waals surface area contributed by atoms with E-state index in [-0.39, 0.29) is 11.9 Å². The Balaban J connectivity index is 1.53. The Morgan fingerprint density at radius 2 is 2.00 bits per heavy atom. The lowest BCUT2D eigenvalue weighted by atomic mass is 10.2. The molecule has 25 heavy (non-hydrogen) atoms. The van der Waals surface area contributed by atoms with E-state index in [0.29, 0.717) is 13.2 Å². The molecule has 1 aliphatic rings. The molecule has 1 aromatic heterocycles. The largest absolute Gasteiger partial charge is 0.416 e. The third-order valence-electron chi connectivity index (χ3n) is 4.07. The molecule has 0 bridgehead atoms. The van der Waals surface area contributed by atoms with Crippen LogP contribution in [0, 0.1) is 0 Å². The quantitative estimate of drug-likeness (QED) is 0.896. The van der Waals surface area contributed by atoms with Gasteiger partial charge in [-0.1, -0.05) is 30.3 Å². The van der Waals surface area contributed by atoms with Crippen molar-refractivity contribution in [1.29, 1.82) is 0 Å². The molecular formula is C18H20F3N3O. The van der Waals surface area contributed by atoms with E-state index in [0.717, 1.165) is 38.0 Å². The molecule has 1 aromatic carbocycles. The number of nitrogens with zero attached hydrogens (tertiary/aromatic N) is 2. The molecule has 1 atom stereocenters. The third kappa shape index (κ3) is 5.17. The minimum atomic E-state index is -4.37. The average molecular weight is 351 g/mol. The number of rotatable bonds is 5. The molecule has 0 spiro atoms. The second kappa shape index (κ2) is 7.84. The van der Waals surface area contributed by atoms with E-state index in [9.17, 15) is 13.2 Å². The monoisotopic (exact) mass is 351 g/mol. The molecular weight excluding hydrogens is 331 g/mol. The highest BCUT2D eigenvalue weighted by molar-refractivity contribution is 5.38. The SMILES string of the molecule is FC(F)(F)c1ccnc(NCC2CN(Cc3ccccc3)CCO2)c1. The zero-order valence-electron chi connectivity index (χ0n) is 13.7. The zero-order valence-corrected chi connectivity index (χ0v) is 13.7. The molecule has 3 rings (SSSR count). The maximum atomic E-state index is 12.7. The number of alkyl halides is 3. The Kier molecular flexibility index (Phi) is 5.55. The number of pyridine rings is 1. The van der Waals surface area contributed by atoms with Gasteiger partial charge < -0.3 is 10.1 Å². The van der Waals surface area contributed by atoms with Crippen molar-refractivity contribution in [3.63, 3.8) is 0 Å². The van der Waals surface area contributed by atoms with Gasteiger partial charge in [0.25, 0.3) is 0 Å². The summed E-state index contributed by atoms with van der Waals surface area (Å²) in [5.74, 6) is 0.207. The molecule has 0 radical (unpaired) electrons. The fraction of sp³-hybridized carbons (Fsp3) is 0.389. The highest BCUT2D eigenvalue weighted by atomic mass is 19.4. The molecule has 1 unspecified atom stereocenters. The molecule has 134 valence electrons. The summed E-state index contributed by atoms with van der Waals surface area (Å²) in [5, 5.41) is 2.95. The molecule has 1 N–H and O–H groups in total. The lowest BCUT2D eigenvalue weighted by molar-refractivity contribution is -0.137. The van der Waals surface area contributed by atoms with E-state index in [1.807, 2.05) is 18.2 Å². The summed E-state index contributed by atoms with van der Waals surface area (Å²) in [4.78, 5) is 6.23. The summed E-state index contributed by atoms with van der Waals surface area (Å²) in [6, 6.07) is 12.1. The first-order valence-corrected chi connectivity index (χ1v) is 8.16. The van der Waals surface area contributed by atoms with Crippen molar-refractivity contribution in [2.45, 2.75) is 18.8 Å². The summed E-state index contributed by atoms with van der Waals surface area (Å²) in [7, 11) is 0. The number of hydrogen-bond donors (Lipinski definition) is 1. The predicted octanol–water partition coefficient (Wildman–Crippen LogP) is 3.41. The summed E-state index contributed by atoms with van der Waals surface area (Å²) in [5.41, 5.74) is 0.524. The Hall–Kier alpha value is -2.12. The number of hydrogen-bond acceptors (Lipinski definition) is 4. The maximum Gasteiger partial charge on any atom is 0.416 e. The van der Waals surface area contributed by atoms with Crippen LogP contribution in [-0.4, -0.2) is 42.2 Å². The van der Waals surface area contributed by atoms with Crippen LogP contribution in [0.3, 0.4) is 0 Å². The summed E-state index contributed by atoms with van der Waals surface area (Å²) < 4.78 is 43.9. The van der Waals surface area contributed by atoms with Crippen LogP contribution in [0.2, 0.25) is 0 Å². The standard InChI is InChI=1S/C18H20F3N3O/c19-18(20,21)15-6-7-22-17(10-15)23-11-16-13-24(8-9-25-16)12-14-4-2-1-3-5-14/h1-7,10,16H,8-9,11-13H2,(H,22,23). The molecule has 1 fully saturated rings. The summed E-state index contributed by atoms with van der Waals surface area (Å²) in [6.45, 7) is 3.42. The lowest BCUT2D eigenvalue weighted by Gasteiger charge is -2.33. The molecule has 0 saturated carbocycles. The van der Waals surface area contributed by atoms with Gasteiger partial charge in [0.1, 0.15) is 5.82 Å². The van der Waals surface area contributed by atoms with Gasteiger partial charge in [-0.05, 0) is 17.7 Å². The minimum Gasteiger partial charge on any atom is -0.374 e. The van der Waals surface area contributed by atoms with Gasteiger partial charge in [0.05, 0.1) is 18.3 Å². The fourth-order valence-corrected chi connectivity index (χ4v) is 2.81. The molecule has 1 aliphatic heterocycles. The second-order valence-corrected chi connectivity index (χ2v) is 6.02. The van der Waals surface area contributed by atoms with Crippen molar-refractivity contribution in [3.8, 4) is 0 Å². The number of halogens is 3. The van der Waals surface area contributed by atoms with Gasteiger partial charge in [0.2, 0.25) is 0 Å². The Bertz CT molecular complexity index is 679. The number of aromatic nitrogens is 1. The normalized spacial score (nSPS) is 18.9. The van der Waals surface area contributed by atoms with Crippen LogP contribution in [0.15, 0.2) is 48.7 Å². The van der Waals surface area contributed by atoms with Crippen molar-refractivity contribution in [3.05, 3.63) is 59.8 Å². The van der Waals surface area contributed by atoms with Crippen LogP contribution in [0.5, 0.6) is 0 Å². The van der Waals surface area contributed by atoms with Gasteiger partial charge in [-0.15, -0.1) is 0 Å². The molecule has 4 nitrogen and oxygen atoms in total. The highest BCUT2D eigenvalue weighted by Crippen LogP contribution is 2.29. The van der Waals surface area contributed by atoms with Crippen LogP contribution in [0.1, 0.15) is 11.1 Å². The zero-order chi connectivity index (χ0) is 17.7. The first kappa shape index (κ1) is 17.7. The number of morpholine rings is 1. The van der Waals surface area contributed by atoms with Crippen molar-refractivity contribution in [2.75, 3.05) is 31.6 Å². The van der Waals surface area contributed by atoms with Crippen LogP contribution in [-0.2, 0) is 17.5 Å². The highest BCUT2D eigenvalue weighted by Gasteiger charge is 2.30. The Morgan fingerprint density at radius 1 is 1.20 bits per heavy atom. The number of ether oxygens (including phenoxy) is 1. The van der Waals surface area contributed by atoms with Crippen LogP contribution >= 0.6 is 0 Å². The van der Waals surface area contributed by atoms with Crippen molar-refractivity contribution >= 4 is 5.82 Å². The first-order chi connectivity index (χ1) is 12.0. The summed E-state index contributed by atoms with van der Waals surface area (Å²) in [6.07, 6.45) is -3.30. The van der Waals surface area contributed by atoms with E-state index in [1.165, 1.54) is 5.56 Å². The van der Waals surface area contributed by atoms with Crippen molar-refractivity contribution < 1.29 is 17.9 Å². The Morgan fingerprint density at radius 3 is 2.76 bits per heavy atom. The van der Waals surface area contributed by atoms with Gasteiger partial charge in [0.15, 0.2) is 0 Å². The molecule has 7 heteroatoms. The van der Waals surface area contributed by atoms with E-state index in [4.69, 9.17) is 4.74 Å². The Labute approximate surface area is 144 Å². The van der Waals surface area contributed by atoms with Gasteiger partial charge in [-0.2, -0.15) is 13.2 Å². The van der Waals surface area contributed by atoms with E-state index in [2.05, 4.69) is 27.3 Å². The van der Waals surface area contributed by atoms with Gasteiger partial charge in [0, 0.05) is 32.4 Å². The van der Waals surface area contributed by atoms with Gasteiger partial charge in [-0.25, -0.2) is 4.98 Å². The lowest BCUT2D eigenvalue weighted by Crippen LogP contribution is -2.44. The van der Waals surface area contributed by atoms with Crippen LogP contribution < -0.4 is 5.32 Å². The third-order valence-corrected chi connectivity index (χ3v) is 4.07. The van der Waals surface area contributed by atoms with Gasteiger partial charge in [-0.3, -0.25) is 4.90 Å². The number of nitrogens with one attached hydrogen (secondary N) is 1. The van der Waals surface area contributed by atoms with Crippen molar-refractivity contribution in [1.82, 2.24) is 9.88 Å².